The molecule has 8 heteroatoms. The van der Waals surface area contributed by atoms with E-state index in [-0.39, 0.29) is 18.0 Å². The second-order valence-corrected chi connectivity index (χ2v) is 6.59. The number of carbonyl (C=O) groups is 1. The van der Waals surface area contributed by atoms with Crippen molar-refractivity contribution < 1.29 is 4.79 Å². The molecule has 0 fully saturated rings. The number of fused-ring (bicyclic) bond motifs is 2. The summed E-state index contributed by atoms with van der Waals surface area (Å²) in [5.74, 6) is -0.372. The molecular formula is C17H13N5O2S. The summed E-state index contributed by atoms with van der Waals surface area (Å²) in [6.45, 7) is 1.75. The number of hydrogen-bond donors (Lipinski definition) is 1. The minimum absolute atomic E-state index is 0.217. The van der Waals surface area contributed by atoms with Gasteiger partial charge in [0.2, 0.25) is 5.91 Å². The van der Waals surface area contributed by atoms with Gasteiger partial charge in [-0.2, -0.15) is 0 Å². The van der Waals surface area contributed by atoms with Gasteiger partial charge in [0.05, 0.1) is 15.6 Å². The predicted octanol–water partition coefficient (Wildman–Crippen LogP) is 2.35. The van der Waals surface area contributed by atoms with Gasteiger partial charge in [-0.05, 0) is 30.7 Å². The number of para-hydroxylation sites is 1. The van der Waals surface area contributed by atoms with Crippen LogP contribution in [-0.2, 0) is 11.3 Å². The average molecular weight is 351 g/mol. The highest BCUT2D eigenvalue weighted by Gasteiger charge is 2.12. The lowest BCUT2D eigenvalue weighted by Crippen LogP contribution is -2.30. The molecule has 0 atom stereocenters. The molecule has 0 aliphatic carbocycles. The van der Waals surface area contributed by atoms with Crippen molar-refractivity contribution in [1.29, 1.82) is 0 Å². The van der Waals surface area contributed by atoms with Crippen molar-refractivity contribution in [2.45, 2.75) is 13.5 Å². The van der Waals surface area contributed by atoms with E-state index in [1.807, 2.05) is 25.1 Å². The van der Waals surface area contributed by atoms with E-state index in [9.17, 15) is 9.59 Å². The smallest absolute Gasteiger partial charge is 0.278 e. The van der Waals surface area contributed by atoms with E-state index in [1.165, 1.54) is 11.3 Å². The third-order valence-electron chi connectivity index (χ3n) is 3.79. The first-order chi connectivity index (χ1) is 12.1. The Morgan fingerprint density at radius 3 is 2.88 bits per heavy atom. The van der Waals surface area contributed by atoms with Gasteiger partial charge in [-0.3, -0.25) is 9.59 Å². The molecule has 2 heterocycles. The number of anilines is 1. The van der Waals surface area contributed by atoms with Gasteiger partial charge in [0.25, 0.3) is 5.56 Å². The van der Waals surface area contributed by atoms with Crippen LogP contribution < -0.4 is 10.9 Å². The van der Waals surface area contributed by atoms with Crippen molar-refractivity contribution in [2.75, 3.05) is 5.32 Å². The van der Waals surface area contributed by atoms with Crippen LogP contribution in [-0.4, -0.2) is 25.9 Å². The van der Waals surface area contributed by atoms with E-state index in [0.717, 1.165) is 20.5 Å². The van der Waals surface area contributed by atoms with Crippen molar-refractivity contribution in [3.8, 4) is 0 Å². The van der Waals surface area contributed by atoms with Gasteiger partial charge in [-0.1, -0.05) is 40.8 Å². The largest absolute Gasteiger partial charge is 0.300 e. The molecule has 2 aromatic carbocycles. The molecule has 0 aliphatic heterocycles. The van der Waals surface area contributed by atoms with E-state index < -0.39 is 0 Å². The number of nitrogens with zero attached hydrogens (tertiary/aromatic N) is 4. The Hall–Kier alpha value is -3.13. The summed E-state index contributed by atoms with van der Waals surface area (Å²) in [6.07, 6.45) is 0. The van der Waals surface area contributed by atoms with Crippen LogP contribution in [0.25, 0.3) is 21.1 Å². The number of thiazole rings is 1. The third kappa shape index (κ3) is 2.87. The van der Waals surface area contributed by atoms with Crippen LogP contribution in [0.15, 0.2) is 47.3 Å². The Morgan fingerprint density at radius 2 is 2.04 bits per heavy atom. The van der Waals surface area contributed by atoms with Crippen molar-refractivity contribution in [2.24, 2.45) is 0 Å². The number of hydrogen-bond acceptors (Lipinski definition) is 6. The fraction of sp³-hybridized carbons (Fsp3) is 0.118. The first-order valence-electron chi connectivity index (χ1n) is 7.60. The minimum atomic E-state index is -0.372. The number of carbonyl (C=O) groups excluding carboxylic acids is 1. The lowest BCUT2D eigenvalue weighted by atomic mass is 10.2. The van der Waals surface area contributed by atoms with Gasteiger partial charge in [0, 0.05) is 0 Å². The zero-order valence-corrected chi connectivity index (χ0v) is 14.1. The average Bonchev–Trinajstić information content (AvgIpc) is 3.01. The summed E-state index contributed by atoms with van der Waals surface area (Å²) in [6, 6.07) is 12.8. The van der Waals surface area contributed by atoms with Crippen LogP contribution in [0.4, 0.5) is 5.13 Å². The maximum absolute atomic E-state index is 12.4. The molecule has 0 saturated carbocycles. The Morgan fingerprint density at radius 1 is 1.20 bits per heavy atom. The van der Waals surface area contributed by atoms with E-state index in [4.69, 9.17) is 0 Å². The van der Waals surface area contributed by atoms with Crippen LogP contribution in [0.1, 0.15) is 5.56 Å². The monoisotopic (exact) mass is 351 g/mol. The topological polar surface area (TPSA) is 89.8 Å². The van der Waals surface area contributed by atoms with E-state index in [0.29, 0.717) is 16.0 Å². The molecule has 4 rings (SSSR count). The number of nitrogens with one attached hydrogen (secondary N) is 1. The number of aromatic nitrogens is 4. The summed E-state index contributed by atoms with van der Waals surface area (Å²) in [7, 11) is 0. The molecule has 2 aromatic heterocycles. The van der Waals surface area contributed by atoms with Crippen LogP contribution in [0, 0.1) is 6.92 Å². The predicted molar refractivity (Wildman–Crippen MR) is 96.8 cm³/mol. The highest BCUT2D eigenvalue weighted by molar-refractivity contribution is 7.22. The zero-order chi connectivity index (χ0) is 17.4. The van der Waals surface area contributed by atoms with Gasteiger partial charge in [0.15, 0.2) is 5.13 Å². The fourth-order valence-electron chi connectivity index (χ4n) is 2.56. The van der Waals surface area contributed by atoms with Gasteiger partial charge < -0.3 is 5.32 Å². The maximum Gasteiger partial charge on any atom is 0.278 e. The van der Waals surface area contributed by atoms with Gasteiger partial charge in [-0.25, -0.2) is 9.67 Å². The molecule has 25 heavy (non-hydrogen) atoms. The Bertz CT molecular complexity index is 1160. The minimum Gasteiger partial charge on any atom is -0.300 e. The molecule has 7 nitrogen and oxygen atoms in total. The Labute approximate surface area is 145 Å². The lowest BCUT2D eigenvalue weighted by Gasteiger charge is -2.04. The fourth-order valence-corrected chi connectivity index (χ4v) is 3.52. The van der Waals surface area contributed by atoms with Gasteiger partial charge in [0.1, 0.15) is 12.1 Å². The van der Waals surface area contributed by atoms with Crippen molar-refractivity contribution >= 4 is 43.5 Å². The lowest BCUT2D eigenvalue weighted by molar-refractivity contribution is -0.117. The number of amides is 1. The van der Waals surface area contributed by atoms with Crippen molar-refractivity contribution in [1.82, 2.24) is 20.0 Å². The van der Waals surface area contributed by atoms with Crippen LogP contribution in [0.5, 0.6) is 0 Å². The van der Waals surface area contributed by atoms with E-state index in [1.54, 1.807) is 24.3 Å². The Balaban J connectivity index is 1.58. The molecule has 4 aromatic rings. The molecule has 0 spiro atoms. The molecule has 0 bridgehead atoms. The van der Waals surface area contributed by atoms with Crippen LogP contribution in [0.2, 0.25) is 0 Å². The quantitative estimate of drug-likeness (QED) is 0.612. The van der Waals surface area contributed by atoms with E-state index >= 15 is 0 Å². The van der Waals surface area contributed by atoms with Crippen LogP contribution in [0.3, 0.4) is 0 Å². The summed E-state index contributed by atoms with van der Waals surface area (Å²) in [5.41, 5.74) is 2.07. The third-order valence-corrected chi connectivity index (χ3v) is 4.73. The molecule has 0 radical (unpaired) electrons. The molecule has 1 N–H and O–H groups in total. The molecule has 0 saturated heterocycles. The second kappa shape index (κ2) is 6.06. The zero-order valence-electron chi connectivity index (χ0n) is 13.3. The normalized spacial score (nSPS) is 11.1. The second-order valence-electron chi connectivity index (χ2n) is 5.56. The Kier molecular flexibility index (Phi) is 3.73. The first-order valence-corrected chi connectivity index (χ1v) is 8.42. The van der Waals surface area contributed by atoms with Gasteiger partial charge in [-0.15, -0.1) is 5.10 Å². The van der Waals surface area contributed by atoms with Crippen molar-refractivity contribution in [3.63, 3.8) is 0 Å². The number of benzene rings is 2. The summed E-state index contributed by atoms with van der Waals surface area (Å²) in [4.78, 5) is 29.1. The summed E-state index contributed by atoms with van der Waals surface area (Å²) < 4.78 is 2.05. The first kappa shape index (κ1) is 15.4. The molecule has 124 valence electrons. The highest BCUT2D eigenvalue weighted by atomic mass is 32.1. The SMILES string of the molecule is Cc1cccc2sc(NC(=O)Cn3nnc4ccccc4c3=O)nc12. The summed E-state index contributed by atoms with van der Waals surface area (Å²) >= 11 is 1.39. The molecular weight excluding hydrogens is 338 g/mol. The highest BCUT2D eigenvalue weighted by Crippen LogP contribution is 2.27. The maximum atomic E-state index is 12.4. The standard InChI is InChI=1S/C17H13N5O2S/c1-10-5-4-8-13-15(10)19-17(25-13)18-14(23)9-22-16(24)11-6-2-3-7-12(11)20-21-22/h2-8H,9H2,1H3,(H,18,19,23). The molecule has 0 aliphatic rings. The van der Waals surface area contributed by atoms with Gasteiger partial charge >= 0.3 is 0 Å². The van der Waals surface area contributed by atoms with Crippen LogP contribution >= 0.6 is 11.3 Å². The number of rotatable bonds is 3. The van der Waals surface area contributed by atoms with Crippen molar-refractivity contribution in [3.05, 3.63) is 58.4 Å². The summed E-state index contributed by atoms with van der Waals surface area (Å²) in [5, 5.41) is 11.4. The molecule has 0 unspecified atom stereocenters. The molecule has 1 amide bonds. The van der Waals surface area contributed by atoms with E-state index in [2.05, 4.69) is 20.6 Å². The number of aryl methyl sites for hydroxylation is 1.